The Morgan fingerprint density at radius 1 is 1.44 bits per heavy atom. The third-order valence-electron chi connectivity index (χ3n) is 2.31. The Morgan fingerprint density at radius 2 is 2.19 bits per heavy atom. The Balaban J connectivity index is 2.56. The molecule has 0 N–H and O–H groups in total. The molecule has 2 rings (SSSR count). The van der Waals surface area contributed by atoms with Crippen LogP contribution in [0.25, 0.3) is 5.69 Å². The first-order chi connectivity index (χ1) is 7.63. The van der Waals surface area contributed by atoms with E-state index in [0.717, 1.165) is 21.4 Å². The van der Waals surface area contributed by atoms with Crippen molar-refractivity contribution in [3.63, 3.8) is 0 Å². The molecule has 0 radical (unpaired) electrons. The van der Waals surface area contributed by atoms with Gasteiger partial charge in [-0.05, 0) is 25.1 Å². The van der Waals surface area contributed by atoms with Gasteiger partial charge in [0, 0.05) is 10.0 Å². The number of aromatic nitrogens is 2. The van der Waals surface area contributed by atoms with Crippen molar-refractivity contribution >= 4 is 39.1 Å². The lowest BCUT2D eigenvalue weighted by molar-refractivity contribution is 0.863. The first kappa shape index (κ1) is 12.0. The summed E-state index contributed by atoms with van der Waals surface area (Å²) in [4.78, 5) is 0. The fraction of sp³-hybridized carbons (Fsp3) is 0.182. The van der Waals surface area contributed by atoms with E-state index in [-0.39, 0.29) is 0 Å². The van der Waals surface area contributed by atoms with E-state index in [0.29, 0.717) is 11.0 Å². The predicted octanol–water partition coefficient (Wildman–Crippen LogP) is 4.34. The first-order valence-electron chi connectivity index (χ1n) is 4.69. The lowest BCUT2D eigenvalue weighted by atomic mass is 10.3. The molecule has 0 unspecified atom stereocenters. The molecule has 0 amide bonds. The topological polar surface area (TPSA) is 17.8 Å². The number of hydrogen-bond donors (Lipinski definition) is 0. The number of hydrogen-bond acceptors (Lipinski definition) is 1. The lowest BCUT2D eigenvalue weighted by Crippen LogP contribution is -1.96. The van der Waals surface area contributed by atoms with Crippen LogP contribution in [0.5, 0.6) is 0 Å². The summed E-state index contributed by atoms with van der Waals surface area (Å²) in [7, 11) is 0. The highest BCUT2D eigenvalue weighted by atomic mass is 79.9. The maximum atomic E-state index is 6.22. The van der Waals surface area contributed by atoms with Crippen LogP contribution < -0.4 is 0 Å². The smallest absolute Gasteiger partial charge is 0.137 e. The molecule has 0 aliphatic carbocycles. The molecule has 1 aromatic heterocycles. The molecule has 2 nitrogen and oxygen atoms in total. The molecule has 0 saturated heterocycles. The van der Waals surface area contributed by atoms with Crippen LogP contribution in [0.3, 0.4) is 0 Å². The normalized spacial score (nSPS) is 10.8. The summed E-state index contributed by atoms with van der Waals surface area (Å²) in [5, 5.41) is 4.95. The molecular weight excluding hydrogens is 311 g/mol. The van der Waals surface area contributed by atoms with Crippen molar-refractivity contribution in [2.75, 3.05) is 0 Å². The van der Waals surface area contributed by atoms with Gasteiger partial charge in [0.1, 0.15) is 5.15 Å². The first-order valence-corrected chi connectivity index (χ1v) is 6.40. The second-order valence-corrected chi connectivity index (χ2v) is 4.92. The Morgan fingerprint density at radius 3 is 2.75 bits per heavy atom. The molecule has 0 aliphatic rings. The highest BCUT2D eigenvalue weighted by Gasteiger charge is 2.13. The molecular formula is C11H9BrCl2N2. The van der Waals surface area contributed by atoms with E-state index in [2.05, 4.69) is 21.0 Å². The van der Waals surface area contributed by atoms with E-state index >= 15 is 0 Å². The fourth-order valence-electron chi connectivity index (χ4n) is 1.46. The molecule has 1 heterocycles. The maximum absolute atomic E-state index is 6.22. The molecule has 16 heavy (non-hydrogen) atoms. The summed E-state index contributed by atoms with van der Waals surface area (Å²) in [6.45, 7) is 1.90. The zero-order valence-corrected chi connectivity index (χ0v) is 11.6. The van der Waals surface area contributed by atoms with Crippen LogP contribution in [0.15, 0.2) is 28.7 Å². The maximum Gasteiger partial charge on any atom is 0.137 e. The molecule has 84 valence electrons. The molecule has 5 heteroatoms. The summed E-state index contributed by atoms with van der Waals surface area (Å²) < 4.78 is 2.68. The summed E-state index contributed by atoms with van der Waals surface area (Å²) in [6.07, 6.45) is 0. The minimum absolute atomic E-state index is 0.374. The summed E-state index contributed by atoms with van der Waals surface area (Å²) in [6, 6.07) is 7.79. The van der Waals surface area contributed by atoms with Gasteiger partial charge in [0.2, 0.25) is 0 Å². The van der Waals surface area contributed by atoms with E-state index < -0.39 is 0 Å². The zero-order chi connectivity index (χ0) is 11.7. The minimum Gasteiger partial charge on any atom is -0.222 e. The number of alkyl halides is 1. The average Bonchev–Trinajstić information content (AvgIpc) is 2.54. The van der Waals surface area contributed by atoms with E-state index in [1.807, 2.05) is 31.2 Å². The molecule has 0 saturated carbocycles. The van der Waals surface area contributed by atoms with Gasteiger partial charge < -0.3 is 0 Å². The number of benzene rings is 1. The van der Waals surface area contributed by atoms with Crippen molar-refractivity contribution in [1.82, 2.24) is 9.78 Å². The second-order valence-electron chi connectivity index (χ2n) is 3.38. The van der Waals surface area contributed by atoms with Crippen LogP contribution >= 0.6 is 39.1 Å². The third kappa shape index (κ3) is 2.12. The van der Waals surface area contributed by atoms with Crippen molar-refractivity contribution in [3.8, 4) is 5.69 Å². The second kappa shape index (κ2) is 4.78. The molecule has 0 bridgehead atoms. The number of halogens is 3. The van der Waals surface area contributed by atoms with E-state index in [4.69, 9.17) is 23.2 Å². The summed E-state index contributed by atoms with van der Waals surface area (Å²) in [5.41, 5.74) is 2.65. The van der Waals surface area contributed by atoms with Crippen LogP contribution in [0.4, 0.5) is 0 Å². The third-order valence-corrected chi connectivity index (χ3v) is 3.46. The van der Waals surface area contributed by atoms with E-state index in [9.17, 15) is 0 Å². The van der Waals surface area contributed by atoms with Crippen LogP contribution in [0.1, 0.15) is 11.3 Å². The monoisotopic (exact) mass is 318 g/mol. The van der Waals surface area contributed by atoms with Crippen molar-refractivity contribution < 1.29 is 0 Å². The van der Waals surface area contributed by atoms with Gasteiger partial charge in [-0.1, -0.05) is 33.6 Å². The van der Waals surface area contributed by atoms with Gasteiger partial charge in [-0.3, -0.25) is 0 Å². The van der Waals surface area contributed by atoms with Crippen molar-refractivity contribution in [2.24, 2.45) is 0 Å². The van der Waals surface area contributed by atoms with Crippen molar-refractivity contribution in [1.29, 1.82) is 0 Å². The predicted molar refractivity (Wildman–Crippen MR) is 70.6 cm³/mol. The molecule has 0 atom stereocenters. The molecule has 2 aromatic rings. The van der Waals surface area contributed by atoms with E-state index in [1.54, 1.807) is 4.68 Å². The van der Waals surface area contributed by atoms with Crippen molar-refractivity contribution in [2.45, 2.75) is 12.8 Å². The van der Waals surface area contributed by atoms with Gasteiger partial charge in [-0.25, -0.2) is 4.68 Å². The molecule has 1 aromatic carbocycles. The highest BCUT2D eigenvalue weighted by Crippen LogP contribution is 2.25. The SMILES string of the molecule is Cc1nn(-c2cccc(Br)c2)c(Cl)c1CCl. The largest absolute Gasteiger partial charge is 0.222 e. The van der Waals surface area contributed by atoms with Gasteiger partial charge in [0.15, 0.2) is 0 Å². The lowest BCUT2D eigenvalue weighted by Gasteiger charge is -2.03. The number of nitrogens with zero attached hydrogens (tertiary/aromatic N) is 2. The average molecular weight is 320 g/mol. The van der Waals surface area contributed by atoms with Gasteiger partial charge >= 0.3 is 0 Å². The fourth-order valence-corrected chi connectivity index (χ4v) is 2.58. The van der Waals surface area contributed by atoms with Crippen LogP contribution in [0.2, 0.25) is 5.15 Å². The molecule has 0 spiro atoms. The van der Waals surface area contributed by atoms with Gasteiger partial charge in [0.25, 0.3) is 0 Å². The highest BCUT2D eigenvalue weighted by molar-refractivity contribution is 9.10. The van der Waals surface area contributed by atoms with Crippen molar-refractivity contribution in [3.05, 3.63) is 45.1 Å². The Hall–Kier alpha value is -0.510. The Bertz CT molecular complexity index is 523. The summed E-state index contributed by atoms with van der Waals surface area (Å²) in [5.74, 6) is 0.374. The molecule has 0 fully saturated rings. The van der Waals surface area contributed by atoms with Crippen LogP contribution in [-0.4, -0.2) is 9.78 Å². The number of rotatable bonds is 2. The minimum atomic E-state index is 0.374. The standard InChI is InChI=1S/C11H9BrCl2N2/c1-7-10(6-13)11(14)16(15-7)9-4-2-3-8(12)5-9/h2-5H,6H2,1H3. The van der Waals surface area contributed by atoms with Gasteiger partial charge in [0.05, 0.1) is 17.3 Å². The van der Waals surface area contributed by atoms with Gasteiger partial charge in [-0.15, -0.1) is 11.6 Å². The quantitative estimate of drug-likeness (QED) is 0.753. The Labute approximate surface area is 112 Å². The Kier molecular flexibility index (Phi) is 3.57. The van der Waals surface area contributed by atoms with Crippen LogP contribution in [0, 0.1) is 6.92 Å². The van der Waals surface area contributed by atoms with E-state index in [1.165, 1.54) is 0 Å². The number of aryl methyl sites for hydroxylation is 1. The summed E-state index contributed by atoms with van der Waals surface area (Å²) >= 11 is 15.5. The van der Waals surface area contributed by atoms with Crippen LogP contribution in [-0.2, 0) is 5.88 Å². The molecule has 0 aliphatic heterocycles. The van der Waals surface area contributed by atoms with Gasteiger partial charge in [-0.2, -0.15) is 5.10 Å². The zero-order valence-electron chi connectivity index (χ0n) is 8.54.